The molecule has 0 nitrogen and oxygen atoms in total. The van der Waals surface area contributed by atoms with Crippen LogP contribution in [0, 0.1) is 5.41 Å². The smallest absolute Gasteiger partial charge is 0.0146 e. The Kier molecular flexibility index (Phi) is 37.8. The summed E-state index contributed by atoms with van der Waals surface area (Å²) in [5, 5.41) is 0. The summed E-state index contributed by atoms with van der Waals surface area (Å²) >= 11 is 0. The lowest BCUT2D eigenvalue weighted by molar-refractivity contribution is 0.404. The Morgan fingerprint density at radius 2 is 1.14 bits per heavy atom. The minimum absolute atomic E-state index is 0.556. The average molecular weight is 299 g/mol. The van der Waals surface area contributed by atoms with Gasteiger partial charge in [-0.3, -0.25) is 0 Å². The highest BCUT2D eigenvalue weighted by atomic mass is 14.2. The summed E-state index contributed by atoms with van der Waals surface area (Å²) in [7, 11) is 0. The topological polar surface area (TPSA) is 0 Å². The highest BCUT2D eigenvalue weighted by Gasteiger charge is 2.20. The van der Waals surface area contributed by atoms with Crippen LogP contribution in [0.1, 0.15) is 108 Å². The molecular formula is C21H46. The van der Waals surface area contributed by atoms with Gasteiger partial charge in [0.2, 0.25) is 0 Å². The van der Waals surface area contributed by atoms with Crippen molar-refractivity contribution in [1.29, 1.82) is 0 Å². The molecule has 0 aromatic carbocycles. The molecule has 2 aliphatic carbocycles. The summed E-state index contributed by atoms with van der Waals surface area (Å²) in [4.78, 5) is 0. The van der Waals surface area contributed by atoms with Crippen LogP contribution in [-0.2, 0) is 0 Å². The van der Waals surface area contributed by atoms with Crippen LogP contribution in [0.3, 0.4) is 0 Å². The fraction of sp³-hybridized carbons (Fsp3) is 0.810. The Hall–Kier alpha value is -0.520. The summed E-state index contributed by atoms with van der Waals surface area (Å²) in [6.07, 6.45) is 17.1. The molecule has 1 atom stereocenters. The van der Waals surface area contributed by atoms with Crippen molar-refractivity contribution in [2.75, 3.05) is 0 Å². The lowest BCUT2D eigenvalue weighted by Crippen LogP contribution is -2.05. The maximum atomic E-state index is 2.35. The molecule has 0 saturated heterocycles. The van der Waals surface area contributed by atoms with E-state index >= 15 is 0 Å². The van der Waals surface area contributed by atoms with E-state index in [1.807, 2.05) is 55.4 Å². The lowest BCUT2D eigenvalue weighted by atomic mass is 9.88. The zero-order valence-electron chi connectivity index (χ0n) is 17.1. The van der Waals surface area contributed by atoms with Crippen molar-refractivity contribution in [3.63, 3.8) is 0 Å². The van der Waals surface area contributed by atoms with Gasteiger partial charge in [0.15, 0.2) is 0 Å². The van der Waals surface area contributed by atoms with Gasteiger partial charge in [0, 0.05) is 0 Å². The maximum Gasteiger partial charge on any atom is -0.0146 e. The first-order valence-electron chi connectivity index (χ1n) is 9.59. The fourth-order valence-corrected chi connectivity index (χ4v) is 1.75. The van der Waals surface area contributed by atoms with E-state index in [0.717, 1.165) is 0 Å². The molecule has 130 valence electrons. The number of hydrogen-bond acceptors (Lipinski definition) is 0. The van der Waals surface area contributed by atoms with Gasteiger partial charge in [-0.15, -0.1) is 0 Å². The molecule has 0 amide bonds. The molecule has 0 fully saturated rings. The van der Waals surface area contributed by atoms with Crippen molar-refractivity contribution in [2.45, 2.75) is 108 Å². The highest BCUT2D eigenvalue weighted by Crippen LogP contribution is 2.33. The zero-order valence-corrected chi connectivity index (χ0v) is 17.1. The van der Waals surface area contributed by atoms with Gasteiger partial charge in [-0.05, 0) is 43.9 Å². The summed E-state index contributed by atoms with van der Waals surface area (Å²) < 4.78 is 0. The molecule has 0 bridgehead atoms. The zero-order chi connectivity index (χ0) is 17.6. The van der Waals surface area contributed by atoms with Crippen molar-refractivity contribution >= 4 is 0 Å². The van der Waals surface area contributed by atoms with E-state index in [9.17, 15) is 0 Å². The molecule has 0 spiro atoms. The van der Waals surface area contributed by atoms with E-state index in [-0.39, 0.29) is 0 Å². The Morgan fingerprint density at radius 3 is 1.29 bits per heavy atom. The highest BCUT2D eigenvalue weighted by molar-refractivity contribution is 5.03. The van der Waals surface area contributed by atoms with Crippen LogP contribution in [0.4, 0.5) is 0 Å². The first kappa shape index (κ1) is 28.6. The molecular weight excluding hydrogens is 252 g/mol. The van der Waals surface area contributed by atoms with E-state index in [4.69, 9.17) is 0 Å². The van der Waals surface area contributed by atoms with Crippen LogP contribution >= 0.6 is 0 Å². The maximum absolute atomic E-state index is 2.35. The lowest BCUT2D eigenvalue weighted by Gasteiger charge is -2.17. The third-order valence-electron chi connectivity index (χ3n) is 3.12. The van der Waals surface area contributed by atoms with Crippen molar-refractivity contribution in [1.82, 2.24) is 0 Å². The largest absolute Gasteiger partial charge is 0.0885 e. The molecule has 2 rings (SSSR count). The second-order valence-corrected chi connectivity index (χ2v) is 4.35. The molecule has 0 heterocycles. The first-order chi connectivity index (χ1) is 10.3. The van der Waals surface area contributed by atoms with Crippen LogP contribution in [0.15, 0.2) is 24.3 Å². The van der Waals surface area contributed by atoms with Gasteiger partial charge < -0.3 is 0 Å². The van der Waals surface area contributed by atoms with Gasteiger partial charge in [-0.2, -0.15) is 0 Å². The van der Waals surface area contributed by atoms with Gasteiger partial charge >= 0.3 is 0 Å². The van der Waals surface area contributed by atoms with E-state index in [1.54, 1.807) is 0 Å². The summed E-state index contributed by atoms with van der Waals surface area (Å²) in [5.41, 5.74) is 0.556. The van der Waals surface area contributed by atoms with Crippen molar-refractivity contribution in [3.05, 3.63) is 24.3 Å². The molecule has 0 radical (unpaired) electrons. The number of hydrogen-bond donors (Lipinski definition) is 0. The number of allylic oxidation sites excluding steroid dienone is 4. The Labute approximate surface area is 138 Å². The predicted octanol–water partition coefficient (Wildman–Crippen LogP) is 8.58. The molecule has 0 saturated carbocycles. The van der Waals surface area contributed by atoms with E-state index in [0.29, 0.717) is 5.41 Å². The third-order valence-corrected chi connectivity index (χ3v) is 3.12. The third kappa shape index (κ3) is 21.9. The standard InChI is InChI=1S/C8H14.C5H8.4C2H6/c1-3-8(2)6-4-5-7-8;1-2-4-5-3-1;4*1-2/h4,6H,3,5,7H2,1-2H3;1-2H,3-5H2;4*1-2H3. The Morgan fingerprint density at radius 1 is 0.714 bits per heavy atom. The minimum atomic E-state index is 0.556. The molecule has 2 aliphatic rings. The molecule has 0 aromatic heterocycles. The molecule has 0 N–H and O–H groups in total. The van der Waals surface area contributed by atoms with E-state index in [1.165, 1.54) is 38.5 Å². The molecule has 1 unspecified atom stereocenters. The van der Waals surface area contributed by atoms with E-state index < -0.39 is 0 Å². The quantitative estimate of drug-likeness (QED) is 0.425. The van der Waals surface area contributed by atoms with Crippen molar-refractivity contribution in [3.8, 4) is 0 Å². The van der Waals surface area contributed by atoms with Crippen LogP contribution in [0.5, 0.6) is 0 Å². The summed E-state index contributed by atoms with van der Waals surface area (Å²) in [6.45, 7) is 20.6. The fourth-order valence-electron chi connectivity index (χ4n) is 1.75. The van der Waals surface area contributed by atoms with Crippen LogP contribution < -0.4 is 0 Å². The summed E-state index contributed by atoms with van der Waals surface area (Å²) in [6, 6.07) is 0. The van der Waals surface area contributed by atoms with Gasteiger partial charge in [0.1, 0.15) is 0 Å². The van der Waals surface area contributed by atoms with Gasteiger partial charge in [-0.25, -0.2) is 0 Å². The molecule has 0 aromatic rings. The molecule has 0 heteroatoms. The molecule has 21 heavy (non-hydrogen) atoms. The molecule has 0 aliphatic heterocycles. The van der Waals surface area contributed by atoms with Crippen LogP contribution in [0.25, 0.3) is 0 Å². The number of rotatable bonds is 1. The van der Waals surface area contributed by atoms with Gasteiger partial charge in [0.25, 0.3) is 0 Å². The predicted molar refractivity (Wildman–Crippen MR) is 105 cm³/mol. The monoisotopic (exact) mass is 298 g/mol. The van der Waals surface area contributed by atoms with Gasteiger partial charge in [0.05, 0.1) is 0 Å². The van der Waals surface area contributed by atoms with Crippen LogP contribution in [-0.4, -0.2) is 0 Å². The normalized spacial score (nSPS) is 19.9. The Balaban J connectivity index is -0.0000000968. The Bertz CT molecular complexity index is 182. The van der Waals surface area contributed by atoms with Crippen LogP contribution in [0.2, 0.25) is 0 Å². The van der Waals surface area contributed by atoms with Crippen molar-refractivity contribution in [2.24, 2.45) is 5.41 Å². The van der Waals surface area contributed by atoms with E-state index in [2.05, 4.69) is 38.2 Å². The minimum Gasteiger partial charge on any atom is -0.0885 e. The SMILES string of the molecule is C1=CCCC1.CC.CC.CC.CC.CCC1(C)C=CCC1. The van der Waals surface area contributed by atoms with Crippen molar-refractivity contribution < 1.29 is 0 Å². The average Bonchev–Trinajstić information content (AvgIpc) is 3.30. The first-order valence-corrected chi connectivity index (χ1v) is 9.59. The summed E-state index contributed by atoms with van der Waals surface area (Å²) in [5.74, 6) is 0. The second-order valence-electron chi connectivity index (χ2n) is 4.35. The van der Waals surface area contributed by atoms with Gasteiger partial charge in [-0.1, -0.05) is 93.5 Å². The second kappa shape index (κ2) is 27.8.